The highest BCUT2D eigenvalue weighted by atomic mass is 79.9. The summed E-state index contributed by atoms with van der Waals surface area (Å²) in [6, 6.07) is 8.75. The van der Waals surface area contributed by atoms with Crippen molar-refractivity contribution < 1.29 is 0 Å². The van der Waals surface area contributed by atoms with E-state index >= 15 is 0 Å². The van der Waals surface area contributed by atoms with Gasteiger partial charge in [0, 0.05) is 16.6 Å². The van der Waals surface area contributed by atoms with Crippen molar-refractivity contribution in [3.63, 3.8) is 0 Å². The Hall–Kier alpha value is -0.340. The molecular formula is C16H26BrN. The Labute approximate surface area is 120 Å². The molecule has 0 heterocycles. The summed E-state index contributed by atoms with van der Waals surface area (Å²) in [7, 11) is 0. The Morgan fingerprint density at radius 3 is 2.11 bits per heavy atom. The fourth-order valence-corrected chi connectivity index (χ4v) is 2.33. The molecule has 1 aromatic rings. The lowest BCUT2D eigenvalue weighted by atomic mass is 9.89. The molecule has 0 saturated heterocycles. The first kappa shape index (κ1) is 15.7. The molecule has 1 unspecified atom stereocenters. The molecule has 2 heteroatoms. The maximum atomic E-state index is 3.63. The summed E-state index contributed by atoms with van der Waals surface area (Å²) >= 11 is 3.50. The van der Waals surface area contributed by atoms with Gasteiger partial charge in [0.2, 0.25) is 0 Å². The van der Waals surface area contributed by atoms with Gasteiger partial charge in [-0.1, -0.05) is 41.9 Å². The van der Waals surface area contributed by atoms with E-state index in [1.165, 1.54) is 12.0 Å². The third-order valence-electron chi connectivity index (χ3n) is 2.98. The van der Waals surface area contributed by atoms with Crippen LogP contribution in [0.2, 0.25) is 0 Å². The highest BCUT2D eigenvalue weighted by Crippen LogP contribution is 2.25. The lowest BCUT2D eigenvalue weighted by Gasteiger charge is -2.26. The molecule has 0 aromatic heterocycles. The second kappa shape index (κ2) is 6.72. The molecular weight excluding hydrogens is 286 g/mol. The van der Waals surface area contributed by atoms with Crippen LogP contribution in [0, 0.1) is 5.92 Å². The van der Waals surface area contributed by atoms with Gasteiger partial charge in [-0.15, -0.1) is 0 Å². The summed E-state index contributed by atoms with van der Waals surface area (Å²) in [5.41, 5.74) is 1.62. The van der Waals surface area contributed by atoms with E-state index in [1.807, 2.05) is 0 Å². The third-order valence-corrected chi connectivity index (χ3v) is 3.50. The molecule has 0 aliphatic rings. The Kier molecular flexibility index (Phi) is 5.87. The van der Waals surface area contributed by atoms with Gasteiger partial charge in [0.1, 0.15) is 0 Å². The van der Waals surface area contributed by atoms with Crippen molar-refractivity contribution in [1.29, 1.82) is 0 Å². The topological polar surface area (TPSA) is 12.0 Å². The van der Waals surface area contributed by atoms with Gasteiger partial charge in [-0.25, -0.2) is 0 Å². The van der Waals surface area contributed by atoms with Crippen LogP contribution in [0.4, 0.5) is 0 Å². The quantitative estimate of drug-likeness (QED) is 0.809. The molecule has 0 aliphatic carbocycles. The third kappa shape index (κ3) is 6.01. The van der Waals surface area contributed by atoms with Crippen LogP contribution in [-0.2, 0) is 0 Å². The van der Waals surface area contributed by atoms with Gasteiger partial charge in [0.15, 0.2) is 0 Å². The fraction of sp³-hybridized carbons (Fsp3) is 0.625. The van der Waals surface area contributed by atoms with Crippen LogP contribution in [0.3, 0.4) is 0 Å². The van der Waals surface area contributed by atoms with Crippen LogP contribution >= 0.6 is 15.9 Å². The molecule has 0 saturated carbocycles. The van der Waals surface area contributed by atoms with Crippen molar-refractivity contribution in [2.75, 3.05) is 6.54 Å². The summed E-state index contributed by atoms with van der Waals surface area (Å²) in [6.07, 6.45) is 1.23. The van der Waals surface area contributed by atoms with Crippen LogP contribution in [0.5, 0.6) is 0 Å². The SMILES string of the molecule is CC(C)CC(CNC(C)(C)C)c1ccc(Br)cc1. The first-order chi connectivity index (χ1) is 8.28. The van der Waals surface area contributed by atoms with E-state index in [0.717, 1.165) is 16.9 Å². The Balaban J connectivity index is 2.74. The van der Waals surface area contributed by atoms with Crippen molar-refractivity contribution in [3.8, 4) is 0 Å². The minimum atomic E-state index is 0.185. The number of halogens is 1. The van der Waals surface area contributed by atoms with Crippen LogP contribution < -0.4 is 5.32 Å². The maximum absolute atomic E-state index is 3.63. The normalized spacial score (nSPS) is 13.9. The maximum Gasteiger partial charge on any atom is 0.0175 e. The number of hydrogen-bond acceptors (Lipinski definition) is 1. The van der Waals surface area contributed by atoms with E-state index in [4.69, 9.17) is 0 Å². The molecule has 0 radical (unpaired) electrons. The zero-order valence-electron chi connectivity index (χ0n) is 12.3. The summed E-state index contributed by atoms with van der Waals surface area (Å²) in [5, 5.41) is 3.63. The van der Waals surface area contributed by atoms with Gasteiger partial charge >= 0.3 is 0 Å². The van der Waals surface area contributed by atoms with E-state index < -0.39 is 0 Å². The standard InChI is InChI=1S/C16H26BrN/c1-12(2)10-14(11-18-16(3,4)5)13-6-8-15(17)9-7-13/h6-9,12,14,18H,10-11H2,1-5H3. The minimum Gasteiger partial charge on any atom is -0.311 e. The molecule has 1 atom stereocenters. The fourth-order valence-electron chi connectivity index (χ4n) is 2.07. The van der Waals surface area contributed by atoms with Crippen LogP contribution in [0.25, 0.3) is 0 Å². The Morgan fingerprint density at radius 2 is 1.67 bits per heavy atom. The van der Waals surface area contributed by atoms with Crippen LogP contribution in [0.15, 0.2) is 28.7 Å². The van der Waals surface area contributed by atoms with Crippen molar-refractivity contribution in [2.24, 2.45) is 5.92 Å². The molecule has 102 valence electrons. The van der Waals surface area contributed by atoms with Gasteiger partial charge in [-0.3, -0.25) is 0 Å². The number of rotatable bonds is 5. The van der Waals surface area contributed by atoms with E-state index in [9.17, 15) is 0 Å². The zero-order valence-corrected chi connectivity index (χ0v) is 13.8. The molecule has 0 fully saturated rings. The zero-order chi connectivity index (χ0) is 13.8. The molecule has 0 bridgehead atoms. The highest BCUT2D eigenvalue weighted by molar-refractivity contribution is 9.10. The summed E-state index contributed by atoms with van der Waals surface area (Å²) < 4.78 is 1.15. The van der Waals surface area contributed by atoms with Crippen molar-refractivity contribution in [2.45, 2.75) is 52.5 Å². The van der Waals surface area contributed by atoms with E-state index in [1.54, 1.807) is 0 Å². The lowest BCUT2D eigenvalue weighted by molar-refractivity contribution is 0.381. The van der Waals surface area contributed by atoms with Crippen molar-refractivity contribution in [3.05, 3.63) is 34.3 Å². The number of benzene rings is 1. The molecule has 0 aliphatic heterocycles. The molecule has 1 N–H and O–H groups in total. The van der Waals surface area contributed by atoms with E-state index in [0.29, 0.717) is 5.92 Å². The van der Waals surface area contributed by atoms with Crippen LogP contribution in [-0.4, -0.2) is 12.1 Å². The minimum absolute atomic E-state index is 0.185. The predicted molar refractivity (Wildman–Crippen MR) is 84.1 cm³/mol. The second-order valence-corrected chi connectivity index (χ2v) is 7.42. The Morgan fingerprint density at radius 1 is 1.11 bits per heavy atom. The largest absolute Gasteiger partial charge is 0.311 e. The van der Waals surface area contributed by atoms with Crippen molar-refractivity contribution >= 4 is 15.9 Å². The van der Waals surface area contributed by atoms with Gasteiger partial charge in [0.05, 0.1) is 0 Å². The smallest absolute Gasteiger partial charge is 0.0175 e. The van der Waals surface area contributed by atoms with Gasteiger partial charge in [0.25, 0.3) is 0 Å². The van der Waals surface area contributed by atoms with Gasteiger partial charge in [-0.05, 0) is 56.7 Å². The van der Waals surface area contributed by atoms with Crippen molar-refractivity contribution in [1.82, 2.24) is 5.32 Å². The number of hydrogen-bond donors (Lipinski definition) is 1. The van der Waals surface area contributed by atoms with Gasteiger partial charge in [-0.2, -0.15) is 0 Å². The molecule has 0 spiro atoms. The predicted octanol–water partition coefficient (Wildman–Crippen LogP) is 4.97. The van der Waals surface area contributed by atoms with E-state index in [2.05, 4.69) is 80.1 Å². The molecule has 1 nitrogen and oxygen atoms in total. The monoisotopic (exact) mass is 311 g/mol. The molecule has 18 heavy (non-hydrogen) atoms. The number of nitrogens with one attached hydrogen (secondary N) is 1. The average molecular weight is 312 g/mol. The molecule has 0 amide bonds. The summed E-state index contributed by atoms with van der Waals surface area (Å²) in [4.78, 5) is 0. The lowest BCUT2D eigenvalue weighted by Crippen LogP contribution is -2.38. The second-order valence-electron chi connectivity index (χ2n) is 6.51. The van der Waals surface area contributed by atoms with Crippen LogP contribution in [0.1, 0.15) is 52.5 Å². The molecule has 1 aromatic carbocycles. The summed E-state index contributed by atoms with van der Waals surface area (Å²) in [6.45, 7) is 12.3. The first-order valence-corrected chi connectivity index (χ1v) is 7.58. The highest BCUT2D eigenvalue weighted by Gasteiger charge is 2.17. The Bertz CT molecular complexity index is 348. The van der Waals surface area contributed by atoms with E-state index in [-0.39, 0.29) is 5.54 Å². The molecule has 1 rings (SSSR count). The first-order valence-electron chi connectivity index (χ1n) is 6.78. The van der Waals surface area contributed by atoms with Gasteiger partial charge < -0.3 is 5.32 Å². The average Bonchev–Trinajstić information content (AvgIpc) is 2.24. The summed E-state index contributed by atoms with van der Waals surface area (Å²) in [5.74, 6) is 1.32.